The van der Waals surface area contributed by atoms with Crippen molar-refractivity contribution in [3.63, 3.8) is 0 Å². The van der Waals surface area contributed by atoms with Gasteiger partial charge in [0.25, 0.3) is 0 Å². The molecule has 3 rings (SSSR count). The fraction of sp³-hybridized carbons (Fsp3) is 0.200. The average molecular weight is 437 g/mol. The quantitative estimate of drug-likeness (QED) is 0.417. The Balaban J connectivity index is 1.85. The second-order valence-electron chi connectivity index (χ2n) is 7.31. The first kappa shape index (κ1) is 22.8. The lowest BCUT2D eigenvalue weighted by molar-refractivity contribution is -0.152. The highest BCUT2D eigenvalue weighted by atomic mass is 19.1. The van der Waals surface area contributed by atoms with Crippen LogP contribution in [0.3, 0.4) is 0 Å². The molecule has 0 aromatic heterocycles. The number of benzene rings is 3. The lowest BCUT2D eigenvalue weighted by Crippen LogP contribution is -2.25. The first-order valence-electron chi connectivity index (χ1n) is 10.1. The fourth-order valence-corrected chi connectivity index (χ4v) is 3.30. The highest BCUT2D eigenvalue weighted by Crippen LogP contribution is 2.35. The SMILES string of the molecule is CCOC(=O)C(=O)Nc1cc(C)c(Oc2ccc(O)cc2Cc2ccc(F)cc2)c(C)c1. The molecule has 0 radical (unpaired) electrons. The van der Waals surface area contributed by atoms with Gasteiger partial charge >= 0.3 is 11.9 Å². The van der Waals surface area contributed by atoms with Crippen molar-refractivity contribution < 1.29 is 28.6 Å². The zero-order valence-electron chi connectivity index (χ0n) is 18.1. The summed E-state index contributed by atoms with van der Waals surface area (Å²) < 4.78 is 24.1. The summed E-state index contributed by atoms with van der Waals surface area (Å²) >= 11 is 0. The van der Waals surface area contributed by atoms with Crippen LogP contribution in [-0.4, -0.2) is 23.6 Å². The van der Waals surface area contributed by atoms with Crippen molar-refractivity contribution in [3.05, 3.63) is 82.7 Å². The zero-order chi connectivity index (χ0) is 23.3. The molecule has 1 amide bonds. The molecule has 3 aromatic carbocycles. The number of aryl methyl sites for hydroxylation is 2. The Morgan fingerprint density at radius 2 is 1.66 bits per heavy atom. The Morgan fingerprint density at radius 3 is 2.28 bits per heavy atom. The smallest absolute Gasteiger partial charge is 0.397 e. The molecule has 0 fully saturated rings. The van der Waals surface area contributed by atoms with E-state index in [9.17, 15) is 19.1 Å². The van der Waals surface area contributed by atoms with Gasteiger partial charge in [-0.05, 0) is 79.9 Å². The van der Waals surface area contributed by atoms with E-state index >= 15 is 0 Å². The highest BCUT2D eigenvalue weighted by Gasteiger charge is 2.17. The topological polar surface area (TPSA) is 84.9 Å². The summed E-state index contributed by atoms with van der Waals surface area (Å²) in [5.41, 5.74) is 3.53. The Hall–Kier alpha value is -3.87. The molecule has 0 aliphatic heterocycles. The van der Waals surface area contributed by atoms with Crippen molar-refractivity contribution in [1.82, 2.24) is 0 Å². The summed E-state index contributed by atoms with van der Waals surface area (Å²) in [4.78, 5) is 23.5. The largest absolute Gasteiger partial charge is 0.508 e. The summed E-state index contributed by atoms with van der Waals surface area (Å²) in [5.74, 6) is -0.883. The molecule has 7 heteroatoms. The van der Waals surface area contributed by atoms with Gasteiger partial charge in [0, 0.05) is 17.7 Å². The van der Waals surface area contributed by atoms with Crippen molar-refractivity contribution in [2.75, 3.05) is 11.9 Å². The number of hydrogen-bond donors (Lipinski definition) is 2. The van der Waals surface area contributed by atoms with Gasteiger partial charge in [-0.3, -0.25) is 4.79 Å². The van der Waals surface area contributed by atoms with E-state index in [1.54, 1.807) is 43.3 Å². The number of phenols is 1. The van der Waals surface area contributed by atoms with Crippen LogP contribution in [0.4, 0.5) is 10.1 Å². The molecule has 0 saturated carbocycles. The number of halogens is 1. The molecule has 0 unspecified atom stereocenters. The molecule has 2 N–H and O–H groups in total. The molecular weight excluding hydrogens is 413 g/mol. The van der Waals surface area contributed by atoms with Crippen molar-refractivity contribution in [2.24, 2.45) is 0 Å². The van der Waals surface area contributed by atoms with Gasteiger partial charge in [-0.15, -0.1) is 0 Å². The van der Waals surface area contributed by atoms with Crippen molar-refractivity contribution >= 4 is 17.6 Å². The number of anilines is 1. The Bertz CT molecular complexity index is 1120. The maximum Gasteiger partial charge on any atom is 0.397 e. The maximum absolute atomic E-state index is 13.2. The lowest BCUT2D eigenvalue weighted by Gasteiger charge is -2.17. The van der Waals surface area contributed by atoms with Crippen LogP contribution in [0.1, 0.15) is 29.2 Å². The lowest BCUT2D eigenvalue weighted by atomic mass is 10.0. The van der Waals surface area contributed by atoms with Crippen LogP contribution in [0.5, 0.6) is 17.2 Å². The molecule has 0 bridgehead atoms. The van der Waals surface area contributed by atoms with E-state index in [-0.39, 0.29) is 18.2 Å². The maximum atomic E-state index is 13.2. The normalized spacial score (nSPS) is 10.5. The molecule has 0 atom stereocenters. The standard InChI is InChI=1S/C25H24FNO5/c1-4-31-25(30)24(29)27-20-11-15(2)23(16(3)12-20)32-22-10-9-21(28)14-18(22)13-17-5-7-19(26)8-6-17/h5-12,14,28H,4,13H2,1-3H3,(H,27,29). The van der Waals surface area contributed by atoms with E-state index in [0.717, 1.165) is 22.3 Å². The summed E-state index contributed by atoms with van der Waals surface area (Å²) in [7, 11) is 0. The molecule has 32 heavy (non-hydrogen) atoms. The van der Waals surface area contributed by atoms with Crippen LogP contribution in [0.2, 0.25) is 0 Å². The molecule has 3 aromatic rings. The van der Waals surface area contributed by atoms with E-state index in [1.165, 1.54) is 18.2 Å². The van der Waals surface area contributed by atoms with Gasteiger partial charge in [0.05, 0.1) is 6.61 Å². The third-order valence-corrected chi connectivity index (χ3v) is 4.74. The number of carbonyl (C=O) groups excluding carboxylic acids is 2. The minimum Gasteiger partial charge on any atom is -0.508 e. The van der Waals surface area contributed by atoms with Crippen LogP contribution in [0.25, 0.3) is 0 Å². The number of carbonyl (C=O) groups is 2. The van der Waals surface area contributed by atoms with Gasteiger partial charge in [-0.25, -0.2) is 9.18 Å². The summed E-state index contributed by atoms with van der Waals surface area (Å²) in [5, 5.41) is 12.5. The van der Waals surface area contributed by atoms with Gasteiger partial charge in [0.1, 0.15) is 23.1 Å². The van der Waals surface area contributed by atoms with Crippen LogP contribution in [0.15, 0.2) is 54.6 Å². The van der Waals surface area contributed by atoms with Gasteiger partial charge < -0.3 is 19.9 Å². The third-order valence-electron chi connectivity index (χ3n) is 4.74. The second-order valence-corrected chi connectivity index (χ2v) is 7.31. The minimum atomic E-state index is -0.947. The average Bonchev–Trinajstić information content (AvgIpc) is 2.74. The van der Waals surface area contributed by atoms with Crippen molar-refractivity contribution in [3.8, 4) is 17.2 Å². The van der Waals surface area contributed by atoms with Crippen LogP contribution in [0, 0.1) is 19.7 Å². The van der Waals surface area contributed by atoms with Crippen molar-refractivity contribution in [2.45, 2.75) is 27.2 Å². The van der Waals surface area contributed by atoms with E-state index in [4.69, 9.17) is 9.47 Å². The monoisotopic (exact) mass is 437 g/mol. The Morgan fingerprint density at radius 1 is 1.00 bits per heavy atom. The molecular formula is C25H24FNO5. The van der Waals surface area contributed by atoms with E-state index in [0.29, 0.717) is 23.6 Å². The number of amides is 1. The molecule has 0 spiro atoms. The number of esters is 1. The Kier molecular flexibility index (Phi) is 7.10. The summed E-state index contributed by atoms with van der Waals surface area (Å²) in [6.07, 6.45) is 0.440. The number of nitrogens with one attached hydrogen (secondary N) is 1. The third kappa shape index (κ3) is 5.63. The first-order valence-corrected chi connectivity index (χ1v) is 10.1. The minimum absolute atomic E-state index is 0.0972. The number of rotatable bonds is 6. The molecule has 0 aliphatic rings. The molecule has 0 aliphatic carbocycles. The zero-order valence-corrected chi connectivity index (χ0v) is 18.1. The Labute approximate surface area is 185 Å². The van der Waals surface area contributed by atoms with Crippen LogP contribution in [-0.2, 0) is 20.7 Å². The summed E-state index contributed by atoms with van der Waals surface area (Å²) in [6, 6.07) is 14.3. The van der Waals surface area contributed by atoms with Gasteiger partial charge in [-0.1, -0.05) is 12.1 Å². The summed E-state index contributed by atoms with van der Waals surface area (Å²) in [6.45, 7) is 5.38. The van der Waals surface area contributed by atoms with Crippen LogP contribution >= 0.6 is 0 Å². The highest BCUT2D eigenvalue weighted by molar-refractivity contribution is 6.37. The second kappa shape index (κ2) is 9.96. The molecule has 166 valence electrons. The number of ether oxygens (including phenoxy) is 2. The van der Waals surface area contributed by atoms with E-state index in [2.05, 4.69) is 5.32 Å². The van der Waals surface area contributed by atoms with Crippen molar-refractivity contribution in [1.29, 1.82) is 0 Å². The van der Waals surface area contributed by atoms with E-state index < -0.39 is 11.9 Å². The fourth-order valence-electron chi connectivity index (χ4n) is 3.30. The molecule has 0 saturated heterocycles. The molecule has 0 heterocycles. The number of aromatic hydroxyl groups is 1. The first-order chi connectivity index (χ1) is 15.3. The molecule has 6 nitrogen and oxygen atoms in total. The number of phenolic OH excluding ortho intramolecular Hbond substituents is 1. The van der Waals surface area contributed by atoms with E-state index in [1.807, 2.05) is 13.8 Å². The predicted octanol–water partition coefficient (Wildman–Crippen LogP) is 5.03. The number of hydrogen-bond acceptors (Lipinski definition) is 5. The van der Waals surface area contributed by atoms with Crippen LogP contribution < -0.4 is 10.1 Å². The van der Waals surface area contributed by atoms with Gasteiger partial charge in [0.15, 0.2) is 0 Å². The van der Waals surface area contributed by atoms with Gasteiger partial charge in [0.2, 0.25) is 0 Å². The predicted molar refractivity (Wildman–Crippen MR) is 119 cm³/mol. The van der Waals surface area contributed by atoms with Gasteiger partial charge in [-0.2, -0.15) is 0 Å².